The van der Waals surface area contributed by atoms with Crippen molar-refractivity contribution in [1.29, 1.82) is 0 Å². The number of ether oxygens (including phenoxy) is 2. The van der Waals surface area contributed by atoms with E-state index in [2.05, 4.69) is 17.1 Å². The van der Waals surface area contributed by atoms with Crippen molar-refractivity contribution in [1.82, 2.24) is 15.1 Å². The van der Waals surface area contributed by atoms with Gasteiger partial charge in [-0.15, -0.1) is 0 Å². The van der Waals surface area contributed by atoms with E-state index in [0.717, 1.165) is 50.5 Å². The molecule has 27 heavy (non-hydrogen) atoms. The molecule has 1 saturated carbocycles. The number of methoxy groups -OCH3 is 1. The van der Waals surface area contributed by atoms with Gasteiger partial charge in [-0.3, -0.25) is 4.90 Å². The van der Waals surface area contributed by atoms with Gasteiger partial charge in [-0.2, -0.15) is 0 Å². The van der Waals surface area contributed by atoms with Crippen LogP contribution in [-0.4, -0.2) is 67.9 Å². The molecular formula is C21H33N3O3. The number of para-hydroxylation sites is 1. The van der Waals surface area contributed by atoms with Crippen LogP contribution in [0.15, 0.2) is 24.3 Å². The van der Waals surface area contributed by atoms with Crippen LogP contribution in [0.1, 0.15) is 38.2 Å². The van der Waals surface area contributed by atoms with Crippen LogP contribution in [0.2, 0.25) is 0 Å². The summed E-state index contributed by atoms with van der Waals surface area (Å²) in [5.74, 6) is 0.843. The van der Waals surface area contributed by atoms with Crippen LogP contribution in [0.25, 0.3) is 0 Å². The van der Waals surface area contributed by atoms with Crippen LogP contribution in [0.4, 0.5) is 4.79 Å². The number of rotatable bonds is 7. The van der Waals surface area contributed by atoms with Gasteiger partial charge in [0.1, 0.15) is 5.75 Å². The van der Waals surface area contributed by atoms with Gasteiger partial charge in [-0.05, 0) is 25.8 Å². The Kier molecular flexibility index (Phi) is 7.35. The van der Waals surface area contributed by atoms with Crippen LogP contribution < -0.4 is 10.1 Å². The largest absolute Gasteiger partial charge is 0.496 e. The zero-order chi connectivity index (χ0) is 19.1. The molecule has 1 aromatic carbocycles. The first-order chi connectivity index (χ1) is 13.2. The molecule has 0 aromatic heterocycles. The molecule has 1 N–H and O–H groups in total. The molecular weight excluding hydrogens is 342 g/mol. The fraction of sp³-hybridized carbons (Fsp3) is 0.667. The standard InChI is InChI=1S/C21H33N3O3/c1-17(23-11-13-27-14-12-23)15-22-21(25)24(19-8-4-5-9-19)16-18-7-3-6-10-20(18)26-2/h3,6-7,10,17,19H,4-5,8-9,11-16H2,1-2H3,(H,22,25). The fourth-order valence-corrected chi connectivity index (χ4v) is 4.08. The van der Waals surface area contributed by atoms with E-state index in [9.17, 15) is 4.79 Å². The summed E-state index contributed by atoms with van der Waals surface area (Å²) in [7, 11) is 1.68. The van der Waals surface area contributed by atoms with Crippen LogP contribution in [-0.2, 0) is 11.3 Å². The maximum atomic E-state index is 13.1. The summed E-state index contributed by atoms with van der Waals surface area (Å²) in [5, 5.41) is 3.18. The lowest BCUT2D eigenvalue weighted by molar-refractivity contribution is 0.0205. The maximum Gasteiger partial charge on any atom is 0.318 e. The Labute approximate surface area is 162 Å². The number of urea groups is 1. The Hall–Kier alpha value is -1.79. The predicted octanol–water partition coefficient (Wildman–Crippen LogP) is 2.87. The topological polar surface area (TPSA) is 54.0 Å². The van der Waals surface area contributed by atoms with Crippen molar-refractivity contribution < 1.29 is 14.3 Å². The summed E-state index contributed by atoms with van der Waals surface area (Å²) < 4.78 is 10.9. The van der Waals surface area contributed by atoms with Gasteiger partial charge in [-0.1, -0.05) is 31.0 Å². The molecule has 0 bridgehead atoms. The van der Waals surface area contributed by atoms with Crippen molar-refractivity contribution in [2.45, 2.75) is 51.2 Å². The monoisotopic (exact) mass is 375 g/mol. The number of hydrogen-bond acceptors (Lipinski definition) is 4. The summed E-state index contributed by atoms with van der Waals surface area (Å²) >= 11 is 0. The molecule has 2 amide bonds. The van der Waals surface area contributed by atoms with Gasteiger partial charge in [0.25, 0.3) is 0 Å². The molecule has 2 fully saturated rings. The average Bonchev–Trinajstić information content (AvgIpc) is 3.25. The van der Waals surface area contributed by atoms with E-state index in [-0.39, 0.29) is 6.03 Å². The second kappa shape index (κ2) is 9.95. The first-order valence-electron chi connectivity index (χ1n) is 10.2. The normalized spacial score (nSPS) is 19.6. The smallest absolute Gasteiger partial charge is 0.318 e. The van der Waals surface area contributed by atoms with Gasteiger partial charge >= 0.3 is 6.03 Å². The second-order valence-electron chi connectivity index (χ2n) is 7.56. The summed E-state index contributed by atoms with van der Waals surface area (Å²) in [5.41, 5.74) is 1.06. The third-order valence-corrected chi connectivity index (χ3v) is 5.78. The van der Waals surface area contributed by atoms with Crippen molar-refractivity contribution in [2.24, 2.45) is 0 Å². The lowest BCUT2D eigenvalue weighted by Crippen LogP contribution is -2.51. The second-order valence-corrected chi connectivity index (χ2v) is 7.56. The molecule has 0 spiro atoms. The van der Waals surface area contributed by atoms with Crippen molar-refractivity contribution >= 4 is 6.03 Å². The van der Waals surface area contributed by atoms with Crippen molar-refractivity contribution in [2.75, 3.05) is 40.0 Å². The third kappa shape index (κ3) is 5.36. The van der Waals surface area contributed by atoms with Crippen LogP contribution in [0.5, 0.6) is 5.75 Å². The average molecular weight is 376 g/mol. The zero-order valence-electron chi connectivity index (χ0n) is 16.7. The molecule has 1 heterocycles. The van der Waals surface area contributed by atoms with Gasteiger partial charge in [0.2, 0.25) is 0 Å². The number of morpholine rings is 1. The molecule has 0 radical (unpaired) electrons. The molecule has 1 aromatic rings. The number of hydrogen-bond donors (Lipinski definition) is 1. The lowest BCUT2D eigenvalue weighted by atomic mass is 10.1. The van der Waals surface area contributed by atoms with E-state index in [1.165, 1.54) is 12.8 Å². The van der Waals surface area contributed by atoms with Crippen LogP contribution in [0.3, 0.4) is 0 Å². The predicted molar refractivity (Wildman–Crippen MR) is 106 cm³/mol. The summed E-state index contributed by atoms with van der Waals surface area (Å²) in [4.78, 5) is 17.4. The van der Waals surface area contributed by atoms with Crippen molar-refractivity contribution in [3.05, 3.63) is 29.8 Å². The highest BCUT2D eigenvalue weighted by Gasteiger charge is 2.28. The molecule has 1 unspecified atom stereocenters. The van der Waals surface area contributed by atoms with Crippen LogP contribution in [0, 0.1) is 0 Å². The van der Waals surface area contributed by atoms with Crippen molar-refractivity contribution in [3.63, 3.8) is 0 Å². The van der Waals surface area contributed by atoms with E-state index in [0.29, 0.717) is 25.2 Å². The van der Waals surface area contributed by atoms with E-state index in [1.807, 2.05) is 29.2 Å². The van der Waals surface area contributed by atoms with Gasteiger partial charge < -0.3 is 19.7 Å². The van der Waals surface area contributed by atoms with Gasteiger partial charge in [0.05, 0.1) is 26.9 Å². The minimum atomic E-state index is 0.0351. The zero-order valence-corrected chi connectivity index (χ0v) is 16.7. The number of nitrogens with zero attached hydrogens (tertiary/aromatic N) is 2. The number of carbonyl (C=O) groups excluding carboxylic acids is 1. The number of carbonyl (C=O) groups is 1. The van der Waals surface area contributed by atoms with Gasteiger partial charge in [0.15, 0.2) is 0 Å². The SMILES string of the molecule is COc1ccccc1CN(C(=O)NCC(C)N1CCOCC1)C1CCCC1. The van der Waals surface area contributed by atoms with Gasteiger partial charge in [0, 0.05) is 37.3 Å². The Balaban J connectivity index is 1.62. The first kappa shape index (κ1) is 20.0. The Bertz CT molecular complexity index is 598. The highest BCUT2D eigenvalue weighted by Crippen LogP contribution is 2.27. The minimum absolute atomic E-state index is 0.0351. The Morgan fingerprint density at radius 1 is 1.30 bits per heavy atom. The lowest BCUT2D eigenvalue weighted by Gasteiger charge is -2.34. The number of amides is 2. The molecule has 6 nitrogen and oxygen atoms in total. The summed E-state index contributed by atoms with van der Waals surface area (Å²) in [6.07, 6.45) is 4.57. The molecule has 1 saturated heterocycles. The molecule has 3 rings (SSSR count). The first-order valence-corrected chi connectivity index (χ1v) is 10.2. The number of benzene rings is 1. The molecule has 150 valence electrons. The summed E-state index contributed by atoms with van der Waals surface area (Å²) in [6.45, 7) is 6.85. The fourth-order valence-electron chi connectivity index (χ4n) is 4.08. The number of nitrogens with one attached hydrogen (secondary N) is 1. The molecule has 1 atom stereocenters. The van der Waals surface area contributed by atoms with Crippen LogP contribution >= 0.6 is 0 Å². The van der Waals surface area contributed by atoms with E-state index < -0.39 is 0 Å². The summed E-state index contributed by atoms with van der Waals surface area (Å²) in [6, 6.07) is 8.64. The van der Waals surface area contributed by atoms with E-state index >= 15 is 0 Å². The molecule has 2 aliphatic rings. The Morgan fingerprint density at radius 2 is 2.00 bits per heavy atom. The van der Waals surface area contributed by atoms with Crippen molar-refractivity contribution in [3.8, 4) is 5.75 Å². The molecule has 1 aliphatic heterocycles. The maximum absolute atomic E-state index is 13.1. The molecule has 1 aliphatic carbocycles. The van der Waals surface area contributed by atoms with E-state index in [4.69, 9.17) is 9.47 Å². The van der Waals surface area contributed by atoms with Gasteiger partial charge in [-0.25, -0.2) is 4.79 Å². The van der Waals surface area contributed by atoms with E-state index in [1.54, 1.807) is 7.11 Å². The Morgan fingerprint density at radius 3 is 2.70 bits per heavy atom. The highest BCUT2D eigenvalue weighted by atomic mass is 16.5. The quantitative estimate of drug-likeness (QED) is 0.796. The third-order valence-electron chi connectivity index (χ3n) is 5.78. The highest BCUT2D eigenvalue weighted by molar-refractivity contribution is 5.74. The molecule has 6 heteroatoms. The minimum Gasteiger partial charge on any atom is -0.496 e.